The smallest absolute Gasteiger partial charge is 0.111 e. The fourth-order valence-electron chi connectivity index (χ4n) is 6.51. The Labute approximate surface area is 189 Å². The molecule has 0 aromatic carbocycles. The van der Waals surface area contributed by atoms with Crippen molar-refractivity contribution in [1.82, 2.24) is 15.0 Å². The van der Waals surface area contributed by atoms with Crippen LogP contribution in [0.3, 0.4) is 0 Å². The number of nitrogens with two attached hydrogens (primary N) is 1. The highest BCUT2D eigenvalue weighted by Crippen LogP contribution is 2.73. The summed E-state index contributed by atoms with van der Waals surface area (Å²) >= 11 is 0. The van der Waals surface area contributed by atoms with Gasteiger partial charge in [0.05, 0.1) is 35.2 Å². The average molecular weight is 432 g/mol. The summed E-state index contributed by atoms with van der Waals surface area (Å²) in [5.74, 6) is 0.307. The van der Waals surface area contributed by atoms with E-state index in [0.29, 0.717) is 17.4 Å². The van der Waals surface area contributed by atoms with Gasteiger partial charge >= 0.3 is 0 Å². The predicted octanol–water partition coefficient (Wildman–Crippen LogP) is 4.50. The van der Waals surface area contributed by atoms with Gasteiger partial charge in [-0.1, -0.05) is 6.92 Å². The van der Waals surface area contributed by atoms with Crippen LogP contribution in [0.15, 0.2) is 29.0 Å². The number of fused-ring (bicyclic) bond motifs is 1. The molecule has 3 heterocycles. The first-order valence-electron chi connectivity index (χ1n) is 12.1. The molecule has 7 rings (SSSR count). The van der Waals surface area contributed by atoms with Crippen LogP contribution >= 0.6 is 0 Å². The van der Waals surface area contributed by atoms with Gasteiger partial charge in [0.2, 0.25) is 0 Å². The Hall–Kier alpha value is -2.34. The van der Waals surface area contributed by atoms with Gasteiger partial charge in [-0.15, -0.1) is 0 Å². The predicted molar refractivity (Wildman–Crippen MR) is 126 cm³/mol. The Balaban J connectivity index is 1.35. The fourth-order valence-corrected chi connectivity index (χ4v) is 6.51. The topological polar surface area (TPSA) is 86.3 Å². The van der Waals surface area contributed by atoms with Crippen molar-refractivity contribution in [2.24, 2.45) is 16.1 Å². The third-order valence-electron chi connectivity index (χ3n) is 7.94. The zero-order valence-corrected chi connectivity index (χ0v) is 19.3. The van der Waals surface area contributed by atoms with Crippen molar-refractivity contribution in [3.63, 3.8) is 0 Å². The van der Waals surface area contributed by atoms with Crippen molar-refractivity contribution in [1.29, 1.82) is 0 Å². The van der Waals surface area contributed by atoms with Crippen molar-refractivity contribution in [2.75, 3.05) is 0 Å². The molecule has 2 N–H and O–H groups in total. The maximum Gasteiger partial charge on any atom is 0.111 e. The van der Waals surface area contributed by atoms with Gasteiger partial charge < -0.3 is 10.5 Å². The quantitative estimate of drug-likeness (QED) is 0.704. The summed E-state index contributed by atoms with van der Waals surface area (Å²) < 4.78 is 6.31. The van der Waals surface area contributed by atoms with E-state index in [0.717, 1.165) is 40.8 Å². The van der Waals surface area contributed by atoms with Crippen LogP contribution in [0.2, 0.25) is 0 Å². The van der Waals surface area contributed by atoms with Crippen molar-refractivity contribution in [3.8, 4) is 0 Å². The number of aromatic nitrogens is 3. The van der Waals surface area contributed by atoms with Crippen LogP contribution < -0.4 is 5.73 Å². The summed E-state index contributed by atoms with van der Waals surface area (Å²) in [4.78, 5) is 19.6. The van der Waals surface area contributed by atoms with E-state index in [1.807, 2.05) is 19.3 Å². The Morgan fingerprint density at radius 2 is 2.00 bits per heavy atom. The molecule has 32 heavy (non-hydrogen) atoms. The summed E-state index contributed by atoms with van der Waals surface area (Å²) in [7, 11) is 0. The minimum Gasteiger partial charge on any atom is -0.404 e. The molecule has 6 nitrogen and oxygen atoms in total. The monoisotopic (exact) mass is 431 g/mol. The Bertz CT molecular complexity index is 1110. The first-order chi connectivity index (χ1) is 15.4. The first kappa shape index (κ1) is 20.3. The van der Waals surface area contributed by atoms with Gasteiger partial charge in [0, 0.05) is 41.2 Å². The van der Waals surface area contributed by atoms with Crippen molar-refractivity contribution in [3.05, 3.63) is 41.1 Å². The molecule has 4 aliphatic carbocycles. The number of hydrogen-bond acceptors (Lipinski definition) is 6. The van der Waals surface area contributed by atoms with Crippen molar-refractivity contribution >= 4 is 17.2 Å². The van der Waals surface area contributed by atoms with Crippen LogP contribution in [-0.4, -0.2) is 39.4 Å². The summed E-state index contributed by atoms with van der Waals surface area (Å²) in [5, 5.41) is 0. The molecular weight excluding hydrogens is 398 g/mol. The zero-order valence-electron chi connectivity index (χ0n) is 19.3. The molecule has 0 unspecified atom stereocenters. The van der Waals surface area contributed by atoms with Crippen molar-refractivity contribution in [2.45, 2.75) is 95.3 Å². The lowest BCUT2D eigenvalue weighted by molar-refractivity contribution is -0.127. The number of aryl methyl sites for hydroxylation is 1. The lowest BCUT2D eigenvalue weighted by Crippen LogP contribution is -2.63. The number of ether oxygens (including phenoxy) is 1. The molecule has 2 aromatic rings. The minimum absolute atomic E-state index is 0.0466. The van der Waals surface area contributed by atoms with Crippen LogP contribution in [0.25, 0.3) is 11.0 Å². The largest absolute Gasteiger partial charge is 0.404 e. The molecule has 1 saturated heterocycles. The van der Waals surface area contributed by atoms with E-state index in [1.165, 1.54) is 37.8 Å². The summed E-state index contributed by atoms with van der Waals surface area (Å²) in [6.07, 6.45) is 13.5. The van der Waals surface area contributed by atoms with E-state index in [-0.39, 0.29) is 17.6 Å². The molecule has 0 spiro atoms. The summed E-state index contributed by atoms with van der Waals surface area (Å²) in [6.45, 7) is 6.56. The maximum absolute atomic E-state index is 6.31. The van der Waals surface area contributed by atoms with Gasteiger partial charge in [0.15, 0.2) is 0 Å². The normalized spacial score (nSPS) is 36.8. The van der Waals surface area contributed by atoms with Gasteiger partial charge in [-0.25, -0.2) is 4.98 Å². The molecule has 6 heteroatoms. The average Bonchev–Trinajstić information content (AvgIpc) is 3.54. The van der Waals surface area contributed by atoms with E-state index >= 15 is 0 Å². The molecule has 2 aromatic heterocycles. The number of nitrogens with zero attached hydrogens (tertiary/aromatic N) is 4. The lowest BCUT2D eigenvalue weighted by Gasteiger charge is -2.69. The molecule has 5 aliphatic rings. The van der Waals surface area contributed by atoms with E-state index in [9.17, 15) is 0 Å². The van der Waals surface area contributed by atoms with E-state index in [2.05, 4.69) is 24.9 Å². The molecule has 2 bridgehead atoms. The van der Waals surface area contributed by atoms with Crippen LogP contribution in [-0.2, 0) is 10.2 Å². The van der Waals surface area contributed by atoms with Crippen LogP contribution in [0.1, 0.15) is 81.8 Å². The second-order valence-corrected chi connectivity index (χ2v) is 11.2. The highest BCUT2D eigenvalue weighted by molar-refractivity contribution is 5.80. The van der Waals surface area contributed by atoms with Gasteiger partial charge in [0.25, 0.3) is 0 Å². The van der Waals surface area contributed by atoms with Gasteiger partial charge in [-0.2, -0.15) is 0 Å². The summed E-state index contributed by atoms with van der Waals surface area (Å²) in [5.41, 5.74) is 13.0. The number of rotatable bonds is 5. The van der Waals surface area contributed by atoms with Crippen LogP contribution in [0.4, 0.5) is 0 Å². The van der Waals surface area contributed by atoms with Crippen molar-refractivity contribution < 1.29 is 4.74 Å². The SMILES string of the molecule is Cc1cnc2c(C34CC(C)(C3)C4)nc([C@H]3C[C@@H](C)O[C@@H](/C(C=NC4CC4)=C/N)C3)cc2n1. The zero-order chi connectivity index (χ0) is 22.1. The minimum atomic E-state index is -0.0466. The molecule has 1 aliphatic heterocycles. The van der Waals surface area contributed by atoms with Gasteiger partial charge in [-0.3, -0.25) is 15.0 Å². The van der Waals surface area contributed by atoms with Gasteiger partial charge in [-0.05, 0) is 70.3 Å². The molecule has 4 saturated carbocycles. The number of hydrogen-bond donors (Lipinski definition) is 1. The standard InChI is InChI=1S/C26H33N5O/c1-15-10-29-23-21(30-15)8-20(31-24(23)26-12-25(3,13-26)14-26)17-6-16(2)32-22(7-17)18(9-27)11-28-19-4-5-19/h8-11,16-17,19,22H,4-7,12-14,27H2,1-3H3/b18-9+,28-11?/t16-,17+,22-,25?,26?/m1/s1. The fraction of sp³-hybridized carbons (Fsp3) is 0.615. The van der Waals surface area contributed by atoms with E-state index in [1.54, 1.807) is 6.20 Å². The molecule has 0 amide bonds. The Kier molecular flexibility index (Phi) is 4.49. The number of aliphatic imine (C=N–C) groups is 1. The molecular formula is C26H33N5O. The number of pyridine rings is 1. The van der Waals surface area contributed by atoms with E-state index in [4.69, 9.17) is 25.4 Å². The second kappa shape index (κ2) is 7.08. The Morgan fingerprint density at radius 1 is 1.22 bits per heavy atom. The second-order valence-electron chi connectivity index (χ2n) is 11.2. The van der Waals surface area contributed by atoms with Crippen LogP contribution in [0.5, 0.6) is 0 Å². The molecule has 5 fully saturated rings. The first-order valence-corrected chi connectivity index (χ1v) is 12.1. The van der Waals surface area contributed by atoms with E-state index < -0.39 is 0 Å². The molecule has 168 valence electrons. The highest BCUT2D eigenvalue weighted by Gasteiger charge is 2.67. The third-order valence-corrected chi connectivity index (χ3v) is 7.94. The third kappa shape index (κ3) is 3.35. The maximum atomic E-state index is 6.31. The Morgan fingerprint density at radius 3 is 2.69 bits per heavy atom. The summed E-state index contributed by atoms with van der Waals surface area (Å²) in [6, 6.07) is 2.65. The lowest BCUT2D eigenvalue weighted by atomic mass is 9.35. The van der Waals surface area contributed by atoms with Crippen LogP contribution in [0, 0.1) is 12.3 Å². The highest BCUT2D eigenvalue weighted by atomic mass is 16.5. The van der Waals surface area contributed by atoms with Gasteiger partial charge in [0.1, 0.15) is 5.52 Å². The molecule has 0 radical (unpaired) electrons. The molecule has 3 atom stereocenters.